The average Bonchev–Trinajstić information content (AvgIpc) is 2.40. The van der Waals surface area contributed by atoms with Crippen LogP contribution in [0, 0.1) is 5.92 Å². The van der Waals surface area contributed by atoms with Gasteiger partial charge in [0.1, 0.15) is 5.75 Å². The summed E-state index contributed by atoms with van der Waals surface area (Å²) in [6.45, 7) is 2.36. The van der Waals surface area contributed by atoms with Crippen LogP contribution in [0.1, 0.15) is 29.6 Å². The van der Waals surface area contributed by atoms with Crippen molar-refractivity contribution in [1.29, 1.82) is 0 Å². The summed E-state index contributed by atoms with van der Waals surface area (Å²) in [6.07, 6.45) is 3.16. The lowest BCUT2D eigenvalue weighted by Crippen LogP contribution is -2.27. The van der Waals surface area contributed by atoms with Crippen LogP contribution in [0.15, 0.2) is 24.3 Å². The minimum atomic E-state index is -0.127. The summed E-state index contributed by atoms with van der Waals surface area (Å²) in [5.74, 6) is 0.647. The Morgan fingerprint density at radius 3 is 2.89 bits per heavy atom. The number of carbonyl (C=O) groups is 1. The standard InChI is InChI=1S/C14H19NO3/c16-13-3-1-2-12(10-13)14(17)15-7-4-11-5-8-18-9-6-11/h1-3,10-11,16H,4-9H2,(H,15,17). The van der Waals surface area contributed by atoms with Crippen LogP contribution in [0.25, 0.3) is 0 Å². The summed E-state index contributed by atoms with van der Waals surface area (Å²) < 4.78 is 5.29. The lowest BCUT2D eigenvalue weighted by Gasteiger charge is -2.21. The fraction of sp³-hybridized carbons (Fsp3) is 0.500. The van der Waals surface area contributed by atoms with E-state index in [1.807, 2.05) is 0 Å². The van der Waals surface area contributed by atoms with Crippen LogP contribution >= 0.6 is 0 Å². The van der Waals surface area contributed by atoms with E-state index >= 15 is 0 Å². The summed E-state index contributed by atoms with van der Waals surface area (Å²) in [5.41, 5.74) is 0.502. The molecule has 2 N–H and O–H groups in total. The molecule has 1 aromatic rings. The lowest BCUT2D eigenvalue weighted by molar-refractivity contribution is 0.0636. The van der Waals surface area contributed by atoms with Crippen molar-refractivity contribution >= 4 is 5.91 Å². The van der Waals surface area contributed by atoms with Crippen LogP contribution < -0.4 is 5.32 Å². The molecule has 1 aliphatic heterocycles. The van der Waals surface area contributed by atoms with Crippen LogP contribution in [0.4, 0.5) is 0 Å². The van der Waals surface area contributed by atoms with Gasteiger partial charge in [0.25, 0.3) is 5.91 Å². The normalized spacial score (nSPS) is 16.4. The third-order valence-corrected chi connectivity index (χ3v) is 3.29. The molecule has 1 amide bonds. The van der Waals surface area contributed by atoms with E-state index in [0.29, 0.717) is 18.0 Å². The number of carbonyl (C=O) groups excluding carboxylic acids is 1. The van der Waals surface area contributed by atoms with Gasteiger partial charge in [-0.1, -0.05) is 6.07 Å². The highest BCUT2D eigenvalue weighted by molar-refractivity contribution is 5.94. The summed E-state index contributed by atoms with van der Waals surface area (Å²) in [5, 5.41) is 12.2. The van der Waals surface area contributed by atoms with E-state index in [-0.39, 0.29) is 11.7 Å². The molecule has 2 rings (SSSR count). The highest BCUT2D eigenvalue weighted by Crippen LogP contribution is 2.17. The molecule has 0 aliphatic carbocycles. The highest BCUT2D eigenvalue weighted by atomic mass is 16.5. The molecular formula is C14H19NO3. The topological polar surface area (TPSA) is 58.6 Å². The summed E-state index contributed by atoms with van der Waals surface area (Å²) in [7, 11) is 0. The molecule has 98 valence electrons. The molecule has 1 saturated heterocycles. The van der Waals surface area contributed by atoms with E-state index in [1.165, 1.54) is 6.07 Å². The number of benzene rings is 1. The number of hydrogen-bond donors (Lipinski definition) is 2. The highest BCUT2D eigenvalue weighted by Gasteiger charge is 2.14. The number of ether oxygens (including phenoxy) is 1. The molecular weight excluding hydrogens is 230 g/mol. The van der Waals surface area contributed by atoms with Gasteiger partial charge in [-0.2, -0.15) is 0 Å². The average molecular weight is 249 g/mol. The second-order valence-corrected chi connectivity index (χ2v) is 4.65. The largest absolute Gasteiger partial charge is 0.508 e. The molecule has 4 heteroatoms. The van der Waals surface area contributed by atoms with E-state index in [4.69, 9.17) is 4.74 Å². The number of hydrogen-bond acceptors (Lipinski definition) is 3. The zero-order chi connectivity index (χ0) is 12.8. The molecule has 1 aliphatic rings. The van der Waals surface area contributed by atoms with Crippen molar-refractivity contribution in [3.8, 4) is 5.75 Å². The summed E-state index contributed by atoms with van der Waals surface area (Å²) >= 11 is 0. The molecule has 0 aromatic heterocycles. The number of phenols is 1. The molecule has 1 fully saturated rings. The first kappa shape index (κ1) is 12.9. The molecule has 1 heterocycles. The molecule has 18 heavy (non-hydrogen) atoms. The summed E-state index contributed by atoms with van der Waals surface area (Å²) in [6, 6.07) is 6.40. The third-order valence-electron chi connectivity index (χ3n) is 3.29. The number of amides is 1. The van der Waals surface area contributed by atoms with Crippen LogP contribution in [0.3, 0.4) is 0 Å². The predicted molar refractivity (Wildman–Crippen MR) is 68.6 cm³/mol. The Kier molecular flexibility index (Phi) is 4.59. The van der Waals surface area contributed by atoms with Gasteiger partial charge in [-0.15, -0.1) is 0 Å². The first-order valence-electron chi connectivity index (χ1n) is 6.40. The Morgan fingerprint density at radius 1 is 1.39 bits per heavy atom. The van der Waals surface area contributed by atoms with Crippen molar-refractivity contribution in [2.45, 2.75) is 19.3 Å². The fourth-order valence-corrected chi connectivity index (χ4v) is 2.17. The molecule has 4 nitrogen and oxygen atoms in total. The van der Waals surface area contributed by atoms with Crippen molar-refractivity contribution in [2.24, 2.45) is 5.92 Å². The molecule has 1 aromatic carbocycles. The van der Waals surface area contributed by atoms with Gasteiger partial charge in [-0.25, -0.2) is 0 Å². The molecule has 0 bridgehead atoms. The van der Waals surface area contributed by atoms with Gasteiger partial charge in [0.2, 0.25) is 0 Å². The summed E-state index contributed by atoms with van der Waals surface area (Å²) in [4.78, 5) is 11.8. The molecule has 0 radical (unpaired) electrons. The number of rotatable bonds is 4. The first-order valence-corrected chi connectivity index (χ1v) is 6.40. The number of aromatic hydroxyl groups is 1. The minimum Gasteiger partial charge on any atom is -0.508 e. The van der Waals surface area contributed by atoms with Crippen LogP contribution in [0.5, 0.6) is 5.75 Å². The fourth-order valence-electron chi connectivity index (χ4n) is 2.17. The van der Waals surface area contributed by atoms with E-state index < -0.39 is 0 Å². The van der Waals surface area contributed by atoms with Crippen molar-refractivity contribution < 1.29 is 14.6 Å². The SMILES string of the molecule is O=C(NCCC1CCOCC1)c1cccc(O)c1. The molecule has 0 spiro atoms. The van der Waals surface area contributed by atoms with Crippen molar-refractivity contribution in [2.75, 3.05) is 19.8 Å². The molecule has 0 unspecified atom stereocenters. The van der Waals surface area contributed by atoms with Crippen LogP contribution in [-0.4, -0.2) is 30.8 Å². The van der Waals surface area contributed by atoms with E-state index in [9.17, 15) is 9.90 Å². The molecule has 0 atom stereocenters. The van der Waals surface area contributed by atoms with Crippen molar-refractivity contribution in [3.63, 3.8) is 0 Å². The lowest BCUT2D eigenvalue weighted by atomic mass is 9.97. The van der Waals surface area contributed by atoms with Gasteiger partial charge in [0.15, 0.2) is 0 Å². The Bertz CT molecular complexity index is 400. The van der Waals surface area contributed by atoms with Crippen molar-refractivity contribution in [1.82, 2.24) is 5.32 Å². The smallest absolute Gasteiger partial charge is 0.251 e. The maximum atomic E-state index is 11.8. The maximum absolute atomic E-state index is 11.8. The van der Waals surface area contributed by atoms with Gasteiger partial charge in [0, 0.05) is 25.3 Å². The zero-order valence-electron chi connectivity index (χ0n) is 10.4. The Balaban J connectivity index is 1.74. The number of nitrogens with one attached hydrogen (secondary N) is 1. The van der Waals surface area contributed by atoms with E-state index in [1.54, 1.807) is 18.2 Å². The minimum absolute atomic E-state index is 0.118. The second-order valence-electron chi connectivity index (χ2n) is 4.65. The van der Waals surface area contributed by atoms with Gasteiger partial charge in [-0.3, -0.25) is 4.79 Å². The van der Waals surface area contributed by atoms with Gasteiger partial charge in [-0.05, 0) is 43.4 Å². The van der Waals surface area contributed by atoms with Gasteiger partial charge >= 0.3 is 0 Å². The second kappa shape index (κ2) is 6.40. The van der Waals surface area contributed by atoms with Crippen LogP contribution in [-0.2, 0) is 4.74 Å². The quantitative estimate of drug-likeness (QED) is 0.857. The predicted octanol–water partition coefficient (Wildman–Crippen LogP) is 1.94. The maximum Gasteiger partial charge on any atom is 0.251 e. The third kappa shape index (κ3) is 3.74. The Hall–Kier alpha value is -1.55. The Labute approximate surface area is 107 Å². The Morgan fingerprint density at radius 2 is 2.17 bits per heavy atom. The van der Waals surface area contributed by atoms with Gasteiger partial charge < -0.3 is 15.2 Å². The van der Waals surface area contributed by atoms with Crippen molar-refractivity contribution in [3.05, 3.63) is 29.8 Å². The zero-order valence-corrected chi connectivity index (χ0v) is 10.4. The monoisotopic (exact) mass is 249 g/mol. The van der Waals surface area contributed by atoms with Gasteiger partial charge in [0.05, 0.1) is 0 Å². The first-order chi connectivity index (χ1) is 8.75. The van der Waals surface area contributed by atoms with E-state index in [0.717, 1.165) is 32.5 Å². The molecule has 0 saturated carbocycles. The van der Waals surface area contributed by atoms with Crippen LogP contribution in [0.2, 0.25) is 0 Å². The number of phenolic OH excluding ortho intramolecular Hbond substituents is 1. The van der Waals surface area contributed by atoms with E-state index in [2.05, 4.69) is 5.32 Å².